The lowest BCUT2D eigenvalue weighted by Crippen LogP contribution is -2.41. The van der Waals surface area contributed by atoms with Crippen LogP contribution in [-0.2, 0) is 16.1 Å². The minimum Gasteiger partial charge on any atom is -0.445 e. The van der Waals surface area contributed by atoms with Crippen LogP contribution in [0.3, 0.4) is 0 Å². The van der Waals surface area contributed by atoms with E-state index in [9.17, 15) is 9.59 Å². The smallest absolute Gasteiger partial charge is 0.407 e. The Labute approximate surface area is 134 Å². The van der Waals surface area contributed by atoms with Gasteiger partial charge in [-0.3, -0.25) is 4.79 Å². The fourth-order valence-electron chi connectivity index (χ4n) is 1.81. The minimum absolute atomic E-state index is 0. The van der Waals surface area contributed by atoms with Crippen molar-refractivity contribution in [2.24, 2.45) is 5.41 Å². The second kappa shape index (κ2) is 7.68. The molecule has 0 saturated carbocycles. The highest BCUT2D eigenvalue weighted by molar-refractivity contribution is 5.81. The fourth-order valence-corrected chi connectivity index (χ4v) is 1.81. The highest BCUT2D eigenvalue weighted by Crippen LogP contribution is 2.15. The zero-order chi connectivity index (χ0) is 16.8. The maximum atomic E-state index is 12.0. The van der Waals surface area contributed by atoms with E-state index in [-0.39, 0.29) is 15.4 Å². The predicted octanol–water partition coefficient (Wildman–Crippen LogP) is 2.49. The van der Waals surface area contributed by atoms with Gasteiger partial charge in [0, 0.05) is 34.1 Å². The number of anilines is 1. The standard InChI is InChI=1S/C16H25N3O3.2H2/c1-16(2,3)14(20)19(4)10-9-18-15(21)22-11-12-5-7-13(17)8-6-12;;/h5-8H,9-11,17H2,1-4H3,(H,18,21);2*1H. The number of amides is 2. The molecule has 0 aliphatic heterocycles. The number of nitrogens with two attached hydrogens (primary N) is 1. The van der Waals surface area contributed by atoms with Crippen LogP contribution in [0.4, 0.5) is 10.5 Å². The van der Waals surface area contributed by atoms with Gasteiger partial charge in [0.15, 0.2) is 0 Å². The zero-order valence-electron chi connectivity index (χ0n) is 13.7. The van der Waals surface area contributed by atoms with E-state index < -0.39 is 11.5 Å². The summed E-state index contributed by atoms with van der Waals surface area (Å²) in [5.41, 5.74) is 6.68. The quantitative estimate of drug-likeness (QED) is 0.818. The highest BCUT2D eigenvalue weighted by atomic mass is 16.5. The van der Waals surface area contributed by atoms with E-state index in [2.05, 4.69) is 5.32 Å². The van der Waals surface area contributed by atoms with Gasteiger partial charge < -0.3 is 20.7 Å². The second-order valence-corrected chi connectivity index (χ2v) is 6.22. The van der Waals surface area contributed by atoms with Crippen LogP contribution < -0.4 is 11.1 Å². The maximum absolute atomic E-state index is 12.0. The van der Waals surface area contributed by atoms with E-state index in [1.165, 1.54) is 0 Å². The lowest BCUT2D eigenvalue weighted by molar-refractivity contribution is -0.138. The van der Waals surface area contributed by atoms with Gasteiger partial charge in [0.05, 0.1) is 0 Å². The summed E-state index contributed by atoms with van der Waals surface area (Å²) in [6.07, 6.45) is -0.506. The van der Waals surface area contributed by atoms with Crippen molar-refractivity contribution in [3.8, 4) is 0 Å². The van der Waals surface area contributed by atoms with Gasteiger partial charge in [-0.1, -0.05) is 32.9 Å². The molecule has 6 heteroatoms. The van der Waals surface area contributed by atoms with Crippen molar-refractivity contribution in [1.82, 2.24) is 10.2 Å². The summed E-state index contributed by atoms with van der Waals surface area (Å²) < 4.78 is 5.08. The van der Waals surface area contributed by atoms with Gasteiger partial charge in [-0.05, 0) is 17.7 Å². The third kappa shape index (κ3) is 6.03. The molecule has 2 amide bonds. The molecule has 1 aromatic carbocycles. The molecule has 0 aliphatic rings. The molecular weight excluding hydrogens is 282 g/mol. The van der Waals surface area contributed by atoms with Crippen LogP contribution in [0.15, 0.2) is 24.3 Å². The van der Waals surface area contributed by atoms with Crippen molar-refractivity contribution >= 4 is 17.7 Å². The topological polar surface area (TPSA) is 84.7 Å². The van der Waals surface area contributed by atoms with Crippen molar-refractivity contribution in [3.63, 3.8) is 0 Å². The number of alkyl carbamates (subject to hydrolysis) is 1. The zero-order valence-corrected chi connectivity index (χ0v) is 13.7. The van der Waals surface area contributed by atoms with Crippen molar-refractivity contribution in [2.45, 2.75) is 27.4 Å². The Morgan fingerprint density at radius 3 is 2.41 bits per heavy atom. The van der Waals surface area contributed by atoms with E-state index in [1.54, 1.807) is 36.2 Å². The average Bonchev–Trinajstić information content (AvgIpc) is 2.44. The van der Waals surface area contributed by atoms with Gasteiger partial charge in [0.1, 0.15) is 6.61 Å². The minimum atomic E-state index is -0.506. The largest absolute Gasteiger partial charge is 0.445 e. The lowest BCUT2D eigenvalue weighted by Gasteiger charge is -2.25. The third-order valence-corrected chi connectivity index (χ3v) is 3.05. The van der Waals surface area contributed by atoms with Crippen LogP contribution in [0, 0.1) is 5.41 Å². The van der Waals surface area contributed by atoms with Crippen LogP contribution >= 0.6 is 0 Å². The number of hydrogen-bond donors (Lipinski definition) is 2. The summed E-state index contributed by atoms with van der Waals surface area (Å²) in [6, 6.07) is 7.12. The Balaban J connectivity index is 0. The van der Waals surface area contributed by atoms with Crippen LogP contribution in [0.1, 0.15) is 29.2 Å². The molecule has 22 heavy (non-hydrogen) atoms. The van der Waals surface area contributed by atoms with Gasteiger partial charge in [-0.2, -0.15) is 0 Å². The Hall–Kier alpha value is -2.24. The number of carbonyl (C=O) groups is 2. The van der Waals surface area contributed by atoms with E-state index in [4.69, 9.17) is 10.5 Å². The summed E-state index contributed by atoms with van der Waals surface area (Å²) in [4.78, 5) is 25.1. The van der Waals surface area contributed by atoms with Crippen LogP contribution in [0.5, 0.6) is 0 Å². The highest BCUT2D eigenvalue weighted by Gasteiger charge is 2.24. The van der Waals surface area contributed by atoms with Crippen molar-refractivity contribution in [3.05, 3.63) is 29.8 Å². The van der Waals surface area contributed by atoms with Crippen molar-refractivity contribution in [1.29, 1.82) is 0 Å². The molecule has 0 radical (unpaired) electrons. The van der Waals surface area contributed by atoms with Crippen molar-refractivity contribution < 1.29 is 17.2 Å². The molecule has 0 spiro atoms. The van der Waals surface area contributed by atoms with E-state index in [0.29, 0.717) is 18.8 Å². The lowest BCUT2D eigenvalue weighted by atomic mass is 9.95. The second-order valence-electron chi connectivity index (χ2n) is 6.22. The Morgan fingerprint density at radius 2 is 1.86 bits per heavy atom. The molecule has 0 unspecified atom stereocenters. The summed E-state index contributed by atoms with van der Waals surface area (Å²) in [5.74, 6) is 0.0320. The summed E-state index contributed by atoms with van der Waals surface area (Å²) >= 11 is 0. The summed E-state index contributed by atoms with van der Waals surface area (Å²) in [5, 5.41) is 2.62. The number of ether oxygens (including phenoxy) is 1. The first-order chi connectivity index (χ1) is 10.2. The molecule has 126 valence electrons. The summed E-state index contributed by atoms with van der Waals surface area (Å²) in [6.45, 7) is 6.55. The molecule has 0 aliphatic carbocycles. The monoisotopic (exact) mass is 311 g/mol. The number of nitrogen functional groups attached to an aromatic ring is 1. The van der Waals surface area contributed by atoms with E-state index >= 15 is 0 Å². The first-order valence-electron chi connectivity index (χ1n) is 7.21. The first-order valence-corrected chi connectivity index (χ1v) is 7.21. The summed E-state index contributed by atoms with van der Waals surface area (Å²) in [7, 11) is 1.72. The van der Waals surface area contributed by atoms with Crippen LogP contribution in [0.2, 0.25) is 0 Å². The molecule has 1 rings (SSSR count). The Morgan fingerprint density at radius 1 is 1.27 bits per heavy atom. The first kappa shape index (κ1) is 17.8. The Kier molecular flexibility index (Phi) is 6.22. The number of nitrogens with one attached hydrogen (secondary N) is 1. The Bertz CT molecular complexity index is 516. The van der Waals surface area contributed by atoms with E-state index in [1.807, 2.05) is 20.8 Å². The number of nitrogens with zero attached hydrogens (tertiary/aromatic N) is 1. The van der Waals surface area contributed by atoms with E-state index in [0.717, 1.165) is 5.56 Å². The molecule has 0 saturated heterocycles. The molecule has 0 heterocycles. The number of rotatable bonds is 5. The van der Waals surface area contributed by atoms with Gasteiger partial charge >= 0.3 is 6.09 Å². The van der Waals surface area contributed by atoms with Crippen LogP contribution in [-0.4, -0.2) is 37.0 Å². The van der Waals surface area contributed by atoms with Gasteiger partial charge in [-0.25, -0.2) is 4.79 Å². The molecule has 1 aromatic rings. The van der Waals surface area contributed by atoms with Crippen LogP contribution in [0.25, 0.3) is 0 Å². The van der Waals surface area contributed by atoms with Gasteiger partial charge in [0.2, 0.25) is 5.91 Å². The fraction of sp³-hybridized carbons (Fsp3) is 0.500. The molecule has 0 atom stereocenters. The molecule has 0 fully saturated rings. The number of benzene rings is 1. The van der Waals surface area contributed by atoms with Gasteiger partial charge in [0.25, 0.3) is 0 Å². The number of carbonyl (C=O) groups excluding carboxylic acids is 2. The molecule has 0 aromatic heterocycles. The van der Waals surface area contributed by atoms with Crippen molar-refractivity contribution in [2.75, 3.05) is 25.9 Å². The average molecular weight is 311 g/mol. The maximum Gasteiger partial charge on any atom is 0.407 e. The molecule has 0 bridgehead atoms. The molecular formula is C16H29N3O3. The molecule has 6 nitrogen and oxygen atoms in total. The normalized spacial score (nSPS) is 10.9. The number of likely N-dealkylation sites (N-methyl/N-ethyl adjacent to an activating group) is 1. The third-order valence-electron chi connectivity index (χ3n) is 3.05. The molecule has 3 N–H and O–H groups in total. The number of hydrogen-bond acceptors (Lipinski definition) is 4. The van der Waals surface area contributed by atoms with Gasteiger partial charge in [-0.15, -0.1) is 0 Å². The SMILES string of the molecule is CN(CCNC(=O)OCc1ccc(N)cc1)C(=O)C(C)(C)C.[HH].[HH]. The predicted molar refractivity (Wildman–Crippen MR) is 90.4 cm³/mol.